The SMILES string of the molecule is CSCCc1c(N)cnn1C. The quantitative estimate of drug-likeness (QED) is 0.735. The standard InChI is InChI=1S/C7H13N3S/c1-10-7(3-4-11-2)6(8)5-9-10/h5H,3-4,8H2,1-2H3. The fraction of sp³-hybridized carbons (Fsp3) is 0.571. The first-order valence-electron chi connectivity index (χ1n) is 3.51. The van der Waals surface area contributed by atoms with Gasteiger partial charge in [0.2, 0.25) is 0 Å². The number of rotatable bonds is 3. The van der Waals surface area contributed by atoms with Crippen LogP contribution in [0.3, 0.4) is 0 Å². The molecule has 0 unspecified atom stereocenters. The van der Waals surface area contributed by atoms with E-state index in [1.165, 1.54) is 0 Å². The van der Waals surface area contributed by atoms with E-state index < -0.39 is 0 Å². The molecule has 0 spiro atoms. The molecule has 1 rings (SSSR count). The first kappa shape index (κ1) is 8.46. The zero-order valence-corrected chi connectivity index (χ0v) is 7.69. The van der Waals surface area contributed by atoms with Gasteiger partial charge in [0.25, 0.3) is 0 Å². The molecule has 0 aliphatic heterocycles. The Morgan fingerprint density at radius 1 is 1.73 bits per heavy atom. The largest absolute Gasteiger partial charge is 0.396 e. The summed E-state index contributed by atoms with van der Waals surface area (Å²) in [5.74, 6) is 1.10. The lowest BCUT2D eigenvalue weighted by Gasteiger charge is -2.00. The highest BCUT2D eigenvalue weighted by atomic mass is 32.2. The van der Waals surface area contributed by atoms with Crippen LogP contribution in [0.1, 0.15) is 5.69 Å². The van der Waals surface area contributed by atoms with Crippen molar-refractivity contribution in [2.45, 2.75) is 6.42 Å². The highest BCUT2D eigenvalue weighted by Crippen LogP contribution is 2.11. The van der Waals surface area contributed by atoms with Gasteiger partial charge in [-0.2, -0.15) is 16.9 Å². The molecular weight excluding hydrogens is 158 g/mol. The normalized spacial score (nSPS) is 10.4. The van der Waals surface area contributed by atoms with Crippen molar-refractivity contribution in [3.63, 3.8) is 0 Å². The molecule has 0 fully saturated rings. The van der Waals surface area contributed by atoms with Crippen LogP contribution in [-0.2, 0) is 13.5 Å². The minimum absolute atomic E-state index is 0.807. The number of nitrogens with two attached hydrogens (primary N) is 1. The summed E-state index contributed by atoms with van der Waals surface area (Å²) in [4.78, 5) is 0. The minimum atomic E-state index is 0.807. The fourth-order valence-electron chi connectivity index (χ4n) is 0.985. The Kier molecular flexibility index (Phi) is 2.82. The van der Waals surface area contributed by atoms with Crippen molar-refractivity contribution in [2.24, 2.45) is 7.05 Å². The minimum Gasteiger partial charge on any atom is -0.396 e. The highest BCUT2D eigenvalue weighted by Gasteiger charge is 2.03. The molecule has 0 amide bonds. The summed E-state index contributed by atoms with van der Waals surface area (Å²) >= 11 is 1.82. The number of thioether (sulfide) groups is 1. The number of hydrogen-bond donors (Lipinski definition) is 1. The molecule has 2 N–H and O–H groups in total. The topological polar surface area (TPSA) is 43.8 Å². The van der Waals surface area contributed by atoms with E-state index in [0.717, 1.165) is 23.6 Å². The van der Waals surface area contributed by atoms with Gasteiger partial charge in [0.05, 0.1) is 17.6 Å². The van der Waals surface area contributed by atoms with E-state index in [1.807, 2.05) is 23.5 Å². The summed E-state index contributed by atoms with van der Waals surface area (Å²) in [7, 11) is 1.92. The molecule has 1 heterocycles. The predicted octanol–water partition coefficient (Wildman–Crippen LogP) is 0.908. The smallest absolute Gasteiger partial charge is 0.0733 e. The number of anilines is 1. The maximum atomic E-state index is 5.69. The number of aromatic nitrogens is 2. The van der Waals surface area contributed by atoms with E-state index in [0.29, 0.717) is 0 Å². The second kappa shape index (κ2) is 3.67. The summed E-state index contributed by atoms with van der Waals surface area (Å²) in [6.07, 6.45) is 4.80. The Morgan fingerprint density at radius 3 is 2.91 bits per heavy atom. The molecule has 3 nitrogen and oxygen atoms in total. The molecule has 4 heteroatoms. The molecule has 62 valence electrons. The van der Waals surface area contributed by atoms with Gasteiger partial charge in [0.15, 0.2) is 0 Å². The summed E-state index contributed by atoms with van der Waals surface area (Å²) < 4.78 is 1.84. The Morgan fingerprint density at radius 2 is 2.45 bits per heavy atom. The molecule has 0 radical (unpaired) electrons. The van der Waals surface area contributed by atoms with Crippen molar-refractivity contribution < 1.29 is 0 Å². The molecule has 0 aliphatic rings. The average Bonchev–Trinajstić information content (AvgIpc) is 2.29. The average molecular weight is 171 g/mol. The van der Waals surface area contributed by atoms with E-state index >= 15 is 0 Å². The molecule has 1 aromatic rings. The van der Waals surface area contributed by atoms with Crippen LogP contribution >= 0.6 is 11.8 Å². The fourth-order valence-corrected chi connectivity index (χ4v) is 1.38. The number of nitrogen functional groups attached to an aromatic ring is 1. The Balaban J connectivity index is 2.67. The molecule has 11 heavy (non-hydrogen) atoms. The van der Waals surface area contributed by atoms with Gasteiger partial charge in [-0.3, -0.25) is 4.68 Å². The van der Waals surface area contributed by atoms with Gasteiger partial charge in [-0.25, -0.2) is 0 Å². The van der Waals surface area contributed by atoms with Crippen molar-refractivity contribution in [2.75, 3.05) is 17.7 Å². The third-order valence-corrected chi connectivity index (χ3v) is 2.25. The van der Waals surface area contributed by atoms with Gasteiger partial charge in [0.1, 0.15) is 0 Å². The molecular formula is C7H13N3S. The zero-order chi connectivity index (χ0) is 8.27. The number of aryl methyl sites for hydroxylation is 1. The van der Waals surface area contributed by atoms with Crippen molar-refractivity contribution in [3.05, 3.63) is 11.9 Å². The van der Waals surface area contributed by atoms with Crippen LogP contribution in [0.5, 0.6) is 0 Å². The van der Waals surface area contributed by atoms with Gasteiger partial charge in [-0.05, 0) is 12.0 Å². The lowest BCUT2D eigenvalue weighted by atomic mass is 10.3. The van der Waals surface area contributed by atoms with Crippen molar-refractivity contribution in [1.29, 1.82) is 0 Å². The monoisotopic (exact) mass is 171 g/mol. The molecule has 0 aromatic carbocycles. The lowest BCUT2D eigenvalue weighted by Crippen LogP contribution is -2.01. The molecule has 0 aliphatic carbocycles. The maximum absolute atomic E-state index is 5.69. The number of nitrogens with zero attached hydrogens (tertiary/aromatic N) is 2. The first-order valence-corrected chi connectivity index (χ1v) is 4.90. The van der Waals surface area contributed by atoms with E-state index in [-0.39, 0.29) is 0 Å². The van der Waals surface area contributed by atoms with Crippen molar-refractivity contribution in [1.82, 2.24) is 9.78 Å². The molecule has 0 saturated carbocycles. The summed E-state index contributed by atoms with van der Waals surface area (Å²) in [6.45, 7) is 0. The summed E-state index contributed by atoms with van der Waals surface area (Å²) in [5, 5.41) is 4.05. The predicted molar refractivity (Wildman–Crippen MR) is 49.7 cm³/mol. The maximum Gasteiger partial charge on any atom is 0.0733 e. The van der Waals surface area contributed by atoms with Gasteiger partial charge >= 0.3 is 0 Å². The third kappa shape index (κ3) is 1.89. The van der Waals surface area contributed by atoms with Crippen molar-refractivity contribution in [3.8, 4) is 0 Å². The van der Waals surface area contributed by atoms with E-state index in [1.54, 1.807) is 6.20 Å². The van der Waals surface area contributed by atoms with Crippen LogP contribution in [0, 0.1) is 0 Å². The molecule has 1 aromatic heterocycles. The molecule has 0 atom stereocenters. The Bertz CT molecular complexity index is 212. The van der Waals surface area contributed by atoms with Crippen LogP contribution in [0.4, 0.5) is 5.69 Å². The summed E-state index contributed by atoms with van der Waals surface area (Å²) in [5.41, 5.74) is 7.63. The van der Waals surface area contributed by atoms with E-state index in [2.05, 4.69) is 11.4 Å². The zero-order valence-electron chi connectivity index (χ0n) is 6.87. The van der Waals surface area contributed by atoms with Crippen LogP contribution in [-0.4, -0.2) is 21.8 Å². The Hall–Kier alpha value is -0.640. The van der Waals surface area contributed by atoms with Crippen LogP contribution in [0.2, 0.25) is 0 Å². The van der Waals surface area contributed by atoms with Gasteiger partial charge in [-0.15, -0.1) is 0 Å². The second-order valence-electron chi connectivity index (χ2n) is 2.41. The lowest BCUT2D eigenvalue weighted by molar-refractivity contribution is 0.720. The van der Waals surface area contributed by atoms with Gasteiger partial charge < -0.3 is 5.73 Å². The first-order chi connectivity index (χ1) is 5.25. The van der Waals surface area contributed by atoms with Crippen LogP contribution in [0.15, 0.2) is 6.20 Å². The summed E-state index contributed by atoms with van der Waals surface area (Å²) in [6, 6.07) is 0. The molecule has 0 saturated heterocycles. The van der Waals surface area contributed by atoms with Gasteiger partial charge in [-0.1, -0.05) is 0 Å². The van der Waals surface area contributed by atoms with Crippen LogP contribution < -0.4 is 5.73 Å². The Labute approximate surface area is 71.0 Å². The number of hydrogen-bond acceptors (Lipinski definition) is 3. The molecule has 0 bridgehead atoms. The van der Waals surface area contributed by atoms with E-state index in [9.17, 15) is 0 Å². The van der Waals surface area contributed by atoms with E-state index in [4.69, 9.17) is 5.73 Å². The van der Waals surface area contributed by atoms with Gasteiger partial charge in [0, 0.05) is 13.5 Å². The third-order valence-electron chi connectivity index (χ3n) is 1.64. The van der Waals surface area contributed by atoms with Crippen LogP contribution in [0.25, 0.3) is 0 Å². The van der Waals surface area contributed by atoms with Crippen molar-refractivity contribution >= 4 is 17.4 Å². The second-order valence-corrected chi connectivity index (χ2v) is 3.40. The highest BCUT2D eigenvalue weighted by molar-refractivity contribution is 7.98.